The molecule has 1 aromatic heterocycles. The minimum atomic E-state index is -1.40. The molecule has 5 rings (SSSR count). The van der Waals surface area contributed by atoms with Gasteiger partial charge in [-0.3, -0.25) is 4.68 Å². The molecule has 2 aromatic carbocycles. The van der Waals surface area contributed by atoms with Gasteiger partial charge in [-0.1, -0.05) is 77.4 Å². The lowest BCUT2D eigenvalue weighted by Crippen LogP contribution is -2.48. The Hall–Kier alpha value is -2.18. The summed E-state index contributed by atoms with van der Waals surface area (Å²) in [5.41, 5.74) is 10.7. The Balaban J connectivity index is 0.000000239. The molecular formula is C29H41Cl3N8O2Si. The Bertz CT molecular complexity index is 1280. The second-order valence-corrected chi connectivity index (χ2v) is 17.7. The number of rotatable bonds is 9. The summed E-state index contributed by atoms with van der Waals surface area (Å²) in [5, 5.41) is 21.7. The van der Waals surface area contributed by atoms with Crippen LogP contribution in [0.2, 0.25) is 29.7 Å². The van der Waals surface area contributed by atoms with E-state index in [1.807, 2.05) is 41.1 Å². The van der Waals surface area contributed by atoms with E-state index in [4.69, 9.17) is 38.2 Å². The van der Waals surface area contributed by atoms with E-state index >= 15 is 0 Å². The van der Waals surface area contributed by atoms with E-state index in [0.29, 0.717) is 31.8 Å². The van der Waals surface area contributed by atoms with Crippen LogP contribution in [0.5, 0.6) is 0 Å². The molecule has 0 radical (unpaired) electrons. The van der Waals surface area contributed by atoms with Gasteiger partial charge in [-0.25, -0.2) is 0 Å². The van der Waals surface area contributed by atoms with E-state index in [9.17, 15) is 0 Å². The van der Waals surface area contributed by atoms with Gasteiger partial charge in [-0.2, -0.15) is 0 Å². The molecule has 2 aliphatic rings. The molecule has 14 heteroatoms. The minimum absolute atomic E-state index is 0. The first-order chi connectivity index (χ1) is 20.2. The highest BCUT2D eigenvalue weighted by Gasteiger charge is 2.24. The predicted molar refractivity (Wildman–Crippen MR) is 178 cm³/mol. The third kappa shape index (κ3) is 12.0. The molecule has 10 nitrogen and oxygen atoms in total. The van der Waals surface area contributed by atoms with Gasteiger partial charge in [0.2, 0.25) is 0 Å². The molecule has 3 aromatic rings. The van der Waals surface area contributed by atoms with E-state index in [1.165, 1.54) is 11.1 Å². The standard InChI is InChI=1S/C17H25ClN4OSi.C12H15ClN4O.ClH/c1-24(2,3)17-11-22(21-20-17)10-16-9-19-15(12-23-16)8-13-4-6-14(18)7-5-13;13-10-3-1-9(2-4-10)5-11-8-18-12(6-15-11)7-16-17-14;/h4-7,11,15-16,19H,8-10,12H2,1-3H3;1-4,11-12,15H,5-8H2;1H/t15-,16+;11-,12+;/m00./s1. The maximum atomic E-state index is 8.24. The number of azide groups is 1. The van der Waals surface area contributed by atoms with Crippen molar-refractivity contribution in [2.45, 2.75) is 63.3 Å². The van der Waals surface area contributed by atoms with Crippen LogP contribution in [-0.2, 0) is 28.9 Å². The summed E-state index contributed by atoms with van der Waals surface area (Å²) in [6.45, 7) is 10.9. The van der Waals surface area contributed by atoms with Crippen LogP contribution in [0.25, 0.3) is 10.4 Å². The molecule has 0 saturated carbocycles. The van der Waals surface area contributed by atoms with Gasteiger partial charge < -0.3 is 20.1 Å². The highest BCUT2D eigenvalue weighted by atomic mass is 35.5. The van der Waals surface area contributed by atoms with Gasteiger partial charge in [0.1, 0.15) is 8.07 Å². The zero-order valence-corrected chi connectivity index (χ0v) is 28.2. The van der Waals surface area contributed by atoms with Gasteiger partial charge in [0.25, 0.3) is 0 Å². The summed E-state index contributed by atoms with van der Waals surface area (Å²) in [7, 11) is -1.40. The summed E-state index contributed by atoms with van der Waals surface area (Å²) in [4.78, 5) is 2.73. The number of aromatic nitrogens is 3. The average molecular weight is 668 g/mol. The minimum Gasteiger partial charge on any atom is -0.375 e. The molecule has 0 spiro atoms. The number of hydrogen-bond donors (Lipinski definition) is 2. The molecule has 2 aliphatic heterocycles. The second-order valence-electron chi connectivity index (χ2n) is 11.8. The van der Waals surface area contributed by atoms with Gasteiger partial charge in [-0.05, 0) is 53.8 Å². The van der Waals surface area contributed by atoms with Crippen LogP contribution in [0.1, 0.15) is 11.1 Å². The summed E-state index contributed by atoms with van der Waals surface area (Å²) in [6, 6.07) is 16.5. The van der Waals surface area contributed by atoms with Crippen LogP contribution >= 0.6 is 35.6 Å². The molecule has 4 atom stereocenters. The molecule has 2 fully saturated rings. The average Bonchev–Trinajstić information content (AvgIpc) is 3.46. The molecule has 0 bridgehead atoms. The Labute approximate surface area is 270 Å². The first-order valence-corrected chi connectivity index (χ1v) is 18.5. The zero-order valence-electron chi connectivity index (χ0n) is 24.8. The Morgan fingerprint density at radius 1 is 0.907 bits per heavy atom. The van der Waals surface area contributed by atoms with Gasteiger partial charge in [0, 0.05) is 46.3 Å². The number of ether oxygens (including phenoxy) is 2. The maximum Gasteiger partial charge on any atom is 0.106 e. The number of hydrogen-bond acceptors (Lipinski definition) is 7. The van der Waals surface area contributed by atoms with E-state index in [0.717, 1.165) is 47.8 Å². The van der Waals surface area contributed by atoms with Crippen LogP contribution in [-0.4, -0.2) is 80.2 Å². The van der Waals surface area contributed by atoms with Crippen molar-refractivity contribution in [2.24, 2.45) is 5.11 Å². The van der Waals surface area contributed by atoms with E-state index < -0.39 is 8.07 Å². The molecule has 234 valence electrons. The number of nitrogens with zero attached hydrogens (tertiary/aromatic N) is 6. The molecule has 0 unspecified atom stereocenters. The van der Waals surface area contributed by atoms with Crippen molar-refractivity contribution in [3.63, 3.8) is 0 Å². The summed E-state index contributed by atoms with van der Waals surface area (Å²) in [5.74, 6) is 0. The smallest absolute Gasteiger partial charge is 0.106 e. The second kappa shape index (κ2) is 17.3. The predicted octanol–water partition coefficient (Wildman–Crippen LogP) is 5.05. The van der Waals surface area contributed by atoms with Crippen molar-refractivity contribution in [1.82, 2.24) is 25.6 Å². The number of nitrogens with one attached hydrogen (secondary N) is 2. The van der Waals surface area contributed by atoms with Gasteiger partial charge >= 0.3 is 0 Å². The first-order valence-electron chi connectivity index (χ1n) is 14.3. The fourth-order valence-electron chi connectivity index (χ4n) is 4.71. The van der Waals surface area contributed by atoms with Gasteiger partial charge in [-0.15, -0.1) is 17.5 Å². The van der Waals surface area contributed by atoms with Crippen molar-refractivity contribution in [1.29, 1.82) is 0 Å². The van der Waals surface area contributed by atoms with Crippen molar-refractivity contribution in [2.75, 3.05) is 32.8 Å². The van der Waals surface area contributed by atoms with Crippen molar-refractivity contribution >= 4 is 49.0 Å². The lowest BCUT2D eigenvalue weighted by Gasteiger charge is -2.30. The quantitative estimate of drug-likeness (QED) is 0.143. The van der Waals surface area contributed by atoms with Gasteiger partial charge in [0.05, 0.1) is 43.8 Å². The molecule has 2 saturated heterocycles. The lowest BCUT2D eigenvalue weighted by molar-refractivity contribution is -0.00671. The van der Waals surface area contributed by atoms with Gasteiger partial charge in [0.15, 0.2) is 0 Å². The maximum absolute atomic E-state index is 8.24. The fraction of sp³-hybridized carbons (Fsp3) is 0.517. The normalized spacial score (nSPS) is 22.0. The Morgan fingerprint density at radius 3 is 1.84 bits per heavy atom. The largest absolute Gasteiger partial charge is 0.375 e. The number of halogens is 3. The van der Waals surface area contributed by atoms with Crippen molar-refractivity contribution in [3.05, 3.63) is 86.3 Å². The van der Waals surface area contributed by atoms with Crippen LogP contribution in [0.4, 0.5) is 0 Å². The Kier molecular flexibility index (Phi) is 14.2. The molecule has 43 heavy (non-hydrogen) atoms. The summed E-state index contributed by atoms with van der Waals surface area (Å²) in [6.07, 6.45) is 4.07. The van der Waals surface area contributed by atoms with E-state index in [-0.39, 0.29) is 24.6 Å². The number of morpholine rings is 2. The van der Waals surface area contributed by atoms with Crippen molar-refractivity contribution in [3.8, 4) is 0 Å². The summed E-state index contributed by atoms with van der Waals surface area (Å²) < 4.78 is 13.6. The summed E-state index contributed by atoms with van der Waals surface area (Å²) >= 11 is 11.8. The monoisotopic (exact) mass is 666 g/mol. The Morgan fingerprint density at radius 2 is 1.42 bits per heavy atom. The molecule has 0 aliphatic carbocycles. The van der Waals surface area contributed by atoms with Crippen LogP contribution in [0, 0.1) is 0 Å². The number of benzene rings is 2. The van der Waals surface area contributed by atoms with E-state index in [1.54, 1.807) is 0 Å². The molecule has 3 heterocycles. The third-order valence-corrected chi connectivity index (χ3v) is 9.44. The fourth-order valence-corrected chi connectivity index (χ4v) is 5.84. The third-order valence-electron chi connectivity index (χ3n) is 7.17. The first kappa shape index (κ1) is 35.3. The lowest BCUT2D eigenvalue weighted by atomic mass is 10.1. The highest BCUT2D eigenvalue weighted by molar-refractivity contribution is 6.88. The molecule has 0 amide bonds. The highest BCUT2D eigenvalue weighted by Crippen LogP contribution is 2.14. The molecular weight excluding hydrogens is 627 g/mol. The zero-order chi connectivity index (χ0) is 30.0. The van der Waals surface area contributed by atoms with E-state index in [2.05, 4.69) is 68.9 Å². The topological polar surface area (TPSA) is 122 Å². The SMILES string of the molecule is C[Si](C)(C)c1cn(C[C@H]2CN[C@@H](Cc3ccc(Cl)cc3)CO2)nn1.Cl.[N-]=[N+]=NC[C@H]1CN[C@@H](Cc2ccc(Cl)cc2)CO1. The van der Waals surface area contributed by atoms with Crippen LogP contribution < -0.4 is 16.0 Å². The van der Waals surface area contributed by atoms with Crippen LogP contribution in [0.15, 0.2) is 59.8 Å². The molecule has 2 N–H and O–H groups in total. The van der Waals surface area contributed by atoms with Crippen LogP contribution in [0.3, 0.4) is 0 Å². The van der Waals surface area contributed by atoms with Crippen molar-refractivity contribution < 1.29 is 9.47 Å².